The summed E-state index contributed by atoms with van der Waals surface area (Å²) in [5, 5.41) is 12.5. The van der Waals surface area contributed by atoms with E-state index in [9.17, 15) is 4.79 Å². The van der Waals surface area contributed by atoms with Gasteiger partial charge in [-0.1, -0.05) is 25.4 Å². The Balaban J connectivity index is 2.09. The van der Waals surface area contributed by atoms with Crippen molar-refractivity contribution >= 4 is 23.4 Å². The van der Waals surface area contributed by atoms with Crippen molar-refractivity contribution in [1.82, 2.24) is 4.98 Å². The fourth-order valence-electron chi connectivity index (χ4n) is 2.58. The zero-order valence-electron chi connectivity index (χ0n) is 11.2. The lowest BCUT2D eigenvalue weighted by Gasteiger charge is -2.32. The van der Waals surface area contributed by atoms with Gasteiger partial charge in [-0.05, 0) is 43.2 Å². The SMILES string of the molecule is CC1CCC(Nc2cc(C(=O)O)cc(Cl)n2)CC1C. The first-order valence-corrected chi connectivity index (χ1v) is 7.01. The summed E-state index contributed by atoms with van der Waals surface area (Å²) in [4.78, 5) is 15.1. The van der Waals surface area contributed by atoms with Crippen LogP contribution in [-0.2, 0) is 0 Å². The molecule has 5 heteroatoms. The summed E-state index contributed by atoms with van der Waals surface area (Å²) >= 11 is 5.85. The van der Waals surface area contributed by atoms with Crippen molar-refractivity contribution in [3.63, 3.8) is 0 Å². The summed E-state index contributed by atoms with van der Waals surface area (Å²) in [5.74, 6) is 0.985. The summed E-state index contributed by atoms with van der Waals surface area (Å²) in [6, 6.07) is 3.25. The quantitative estimate of drug-likeness (QED) is 0.831. The largest absolute Gasteiger partial charge is 0.478 e. The Labute approximate surface area is 118 Å². The molecule has 0 aromatic carbocycles. The summed E-state index contributed by atoms with van der Waals surface area (Å²) in [7, 11) is 0. The van der Waals surface area contributed by atoms with Crippen LogP contribution in [0, 0.1) is 11.8 Å². The van der Waals surface area contributed by atoms with Gasteiger partial charge in [-0.25, -0.2) is 9.78 Å². The minimum Gasteiger partial charge on any atom is -0.478 e. The second-order valence-corrected chi connectivity index (χ2v) is 5.87. The maximum Gasteiger partial charge on any atom is 0.335 e. The lowest BCUT2D eigenvalue weighted by molar-refractivity contribution is 0.0697. The van der Waals surface area contributed by atoms with E-state index >= 15 is 0 Å². The Kier molecular flexibility index (Phi) is 4.30. The molecular weight excluding hydrogens is 264 g/mol. The van der Waals surface area contributed by atoms with Gasteiger partial charge in [0.1, 0.15) is 11.0 Å². The average molecular weight is 283 g/mol. The minimum absolute atomic E-state index is 0.166. The predicted molar refractivity (Wildman–Crippen MR) is 75.8 cm³/mol. The van der Waals surface area contributed by atoms with Crippen molar-refractivity contribution in [2.75, 3.05) is 5.32 Å². The Morgan fingerprint density at radius 3 is 2.74 bits per heavy atom. The van der Waals surface area contributed by atoms with E-state index < -0.39 is 5.97 Å². The number of aromatic nitrogens is 1. The van der Waals surface area contributed by atoms with Gasteiger partial charge in [0.15, 0.2) is 0 Å². The molecule has 0 radical (unpaired) electrons. The van der Waals surface area contributed by atoms with E-state index in [2.05, 4.69) is 24.1 Å². The molecule has 1 heterocycles. The van der Waals surface area contributed by atoms with Gasteiger partial charge in [0.2, 0.25) is 0 Å². The summed E-state index contributed by atoms with van der Waals surface area (Å²) in [6.07, 6.45) is 3.35. The van der Waals surface area contributed by atoms with Gasteiger partial charge in [-0.2, -0.15) is 0 Å². The molecule has 1 fully saturated rings. The second kappa shape index (κ2) is 5.78. The smallest absolute Gasteiger partial charge is 0.335 e. The van der Waals surface area contributed by atoms with Gasteiger partial charge >= 0.3 is 5.97 Å². The predicted octanol–water partition coefficient (Wildman–Crippen LogP) is 3.67. The fourth-order valence-corrected chi connectivity index (χ4v) is 2.79. The number of anilines is 1. The van der Waals surface area contributed by atoms with Crippen LogP contribution in [0.4, 0.5) is 5.82 Å². The van der Waals surface area contributed by atoms with Crippen LogP contribution >= 0.6 is 11.6 Å². The van der Waals surface area contributed by atoms with Crippen molar-refractivity contribution in [3.8, 4) is 0 Å². The van der Waals surface area contributed by atoms with Crippen molar-refractivity contribution in [1.29, 1.82) is 0 Å². The number of nitrogens with zero attached hydrogens (tertiary/aromatic N) is 1. The molecule has 2 N–H and O–H groups in total. The number of nitrogens with one attached hydrogen (secondary N) is 1. The molecule has 1 aromatic rings. The second-order valence-electron chi connectivity index (χ2n) is 5.48. The molecule has 3 unspecified atom stereocenters. The number of carboxylic acids is 1. The lowest BCUT2D eigenvalue weighted by Crippen LogP contribution is -2.30. The molecule has 0 bridgehead atoms. The van der Waals surface area contributed by atoms with Crippen LogP contribution < -0.4 is 5.32 Å². The maximum atomic E-state index is 11.0. The highest BCUT2D eigenvalue weighted by atomic mass is 35.5. The number of carboxylic acid groups (broad SMARTS) is 1. The van der Waals surface area contributed by atoms with E-state index in [4.69, 9.17) is 16.7 Å². The number of hydrogen-bond donors (Lipinski definition) is 2. The van der Waals surface area contributed by atoms with Crippen LogP contribution in [0.1, 0.15) is 43.5 Å². The molecule has 0 spiro atoms. The molecule has 1 aliphatic carbocycles. The van der Waals surface area contributed by atoms with E-state index in [0.29, 0.717) is 17.8 Å². The van der Waals surface area contributed by atoms with Crippen LogP contribution in [-0.4, -0.2) is 22.1 Å². The zero-order valence-corrected chi connectivity index (χ0v) is 11.9. The van der Waals surface area contributed by atoms with E-state index in [-0.39, 0.29) is 10.7 Å². The highest BCUT2D eigenvalue weighted by Crippen LogP contribution is 2.31. The third-order valence-corrected chi connectivity index (χ3v) is 4.18. The highest BCUT2D eigenvalue weighted by Gasteiger charge is 2.24. The number of carbonyl (C=O) groups is 1. The number of pyridine rings is 1. The third-order valence-electron chi connectivity index (χ3n) is 3.99. The topological polar surface area (TPSA) is 62.2 Å². The molecule has 19 heavy (non-hydrogen) atoms. The van der Waals surface area contributed by atoms with Crippen LogP contribution in [0.2, 0.25) is 5.15 Å². The summed E-state index contributed by atoms with van der Waals surface area (Å²) < 4.78 is 0. The molecule has 1 aromatic heterocycles. The first kappa shape index (κ1) is 14.1. The molecule has 1 aliphatic rings. The number of rotatable bonds is 3. The molecule has 104 valence electrons. The Morgan fingerprint density at radius 2 is 2.11 bits per heavy atom. The van der Waals surface area contributed by atoms with Crippen LogP contribution in [0.15, 0.2) is 12.1 Å². The normalized spacial score (nSPS) is 27.0. The van der Waals surface area contributed by atoms with E-state index in [0.717, 1.165) is 18.8 Å². The van der Waals surface area contributed by atoms with Gasteiger partial charge in [-0.3, -0.25) is 0 Å². The monoisotopic (exact) mass is 282 g/mol. The van der Waals surface area contributed by atoms with E-state index in [1.807, 2.05) is 0 Å². The molecule has 4 nitrogen and oxygen atoms in total. The van der Waals surface area contributed by atoms with Gasteiger partial charge in [0.05, 0.1) is 5.56 Å². The van der Waals surface area contributed by atoms with Gasteiger partial charge < -0.3 is 10.4 Å². The maximum absolute atomic E-state index is 11.0. The lowest BCUT2D eigenvalue weighted by atomic mass is 9.79. The molecule has 0 saturated heterocycles. The highest BCUT2D eigenvalue weighted by molar-refractivity contribution is 6.29. The molecule has 2 rings (SSSR count). The first-order valence-electron chi connectivity index (χ1n) is 6.63. The standard InChI is InChI=1S/C14H19ClN2O2/c1-8-3-4-11(5-9(8)2)16-13-7-10(14(18)19)6-12(15)17-13/h6-9,11H,3-5H2,1-2H3,(H,16,17)(H,18,19). The van der Waals surface area contributed by atoms with Gasteiger partial charge in [0, 0.05) is 6.04 Å². The Hall–Kier alpha value is -1.29. The van der Waals surface area contributed by atoms with E-state index in [1.54, 1.807) is 0 Å². The zero-order chi connectivity index (χ0) is 14.0. The van der Waals surface area contributed by atoms with Crippen LogP contribution in [0.3, 0.4) is 0 Å². The van der Waals surface area contributed by atoms with Crippen molar-refractivity contribution in [2.45, 2.75) is 39.2 Å². The molecular formula is C14H19ClN2O2. The minimum atomic E-state index is -0.988. The summed E-state index contributed by atoms with van der Waals surface area (Å²) in [5.41, 5.74) is 0.166. The van der Waals surface area contributed by atoms with Crippen molar-refractivity contribution < 1.29 is 9.90 Å². The number of hydrogen-bond acceptors (Lipinski definition) is 3. The molecule has 0 aliphatic heterocycles. The van der Waals surface area contributed by atoms with Gasteiger partial charge in [0.25, 0.3) is 0 Å². The van der Waals surface area contributed by atoms with Crippen molar-refractivity contribution in [3.05, 3.63) is 22.8 Å². The molecule has 1 saturated carbocycles. The van der Waals surface area contributed by atoms with Gasteiger partial charge in [-0.15, -0.1) is 0 Å². The average Bonchev–Trinajstić information content (AvgIpc) is 2.33. The Bertz CT molecular complexity index is 479. The summed E-state index contributed by atoms with van der Waals surface area (Å²) in [6.45, 7) is 4.54. The van der Waals surface area contributed by atoms with Crippen LogP contribution in [0.25, 0.3) is 0 Å². The first-order chi connectivity index (χ1) is 8.95. The third kappa shape index (κ3) is 3.60. The number of aromatic carboxylic acids is 1. The Morgan fingerprint density at radius 1 is 1.37 bits per heavy atom. The van der Waals surface area contributed by atoms with E-state index in [1.165, 1.54) is 18.6 Å². The number of halogens is 1. The molecule has 3 atom stereocenters. The van der Waals surface area contributed by atoms with Crippen LogP contribution in [0.5, 0.6) is 0 Å². The van der Waals surface area contributed by atoms with Crippen molar-refractivity contribution in [2.24, 2.45) is 11.8 Å². The molecule has 0 amide bonds. The fraction of sp³-hybridized carbons (Fsp3) is 0.571.